The molecule has 0 fully saturated rings. The average Bonchev–Trinajstić information content (AvgIpc) is 3.01. The maximum atomic E-state index is 12.4. The summed E-state index contributed by atoms with van der Waals surface area (Å²) in [6, 6.07) is 10.0. The topological polar surface area (TPSA) is 50.5 Å². The third kappa shape index (κ3) is 4.07. The molecule has 0 radical (unpaired) electrons. The fourth-order valence-corrected chi connectivity index (χ4v) is 3.77. The fraction of sp³-hybridized carbons (Fsp3) is 0.421. The molecule has 5 nitrogen and oxygen atoms in total. The highest BCUT2D eigenvalue weighted by Crippen LogP contribution is 2.19. The Balaban J connectivity index is 1.88. The Hall–Kier alpha value is -2.21. The van der Waals surface area contributed by atoms with Crippen molar-refractivity contribution in [3.05, 3.63) is 57.0 Å². The van der Waals surface area contributed by atoms with Gasteiger partial charge in [-0.1, -0.05) is 36.8 Å². The second-order valence-corrected chi connectivity index (χ2v) is 7.27. The molecule has 2 heterocycles. The lowest BCUT2D eigenvalue weighted by Gasteiger charge is -2.23. The zero-order valence-corrected chi connectivity index (χ0v) is 15.8. The van der Waals surface area contributed by atoms with Gasteiger partial charge in [0.1, 0.15) is 5.01 Å². The van der Waals surface area contributed by atoms with Gasteiger partial charge in [0, 0.05) is 24.7 Å². The highest BCUT2D eigenvalue weighted by atomic mass is 32.1. The fourth-order valence-electron chi connectivity index (χ4n) is 2.81. The smallest absolute Gasteiger partial charge is 0.275 e. The number of benzene rings is 1. The van der Waals surface area contributed by atoms with Gasteiger partial charge in [0.15, 0.2) is 0 Å². The third-order valence-electron chi connectivity index (χ3n) is 4.19. The van der Waals surface area contributed by atoms with Crippen molar-refractivity contribution in [3.63, 3.8) is 0 Å². The van der Waals surface area contributed by atoms with Crippen LogP contribution in [0.4, 0.5) is 5.69 Å². The molecular formula is C19H24N4OS. The van der Waals surface area contributed by atoms with Crippen molar-refractivity contribution < 1.29 is 0 Å². The lowest BCUT2D eigenvalue weighted by Crippen LogP contribution is -2.25. The van der Waals surface area contributed by atoms with E-state index >= 15 is 0 Å². The number of nitrogens with zero attached hydrogens (tertiary/aromatic N) is 4. The van der Waals surface area contributed by atoms with Gasteiger partial charge < -0.3 is 4.90 Å². The molecule has 1 aromatic carbocycles. The highest BCUT2D eigenvalue weighted by molar-refractivity contribution is 7.16. The van der Waals surface area contributed by atoms with Gasteiger partial charge in [-0.2, -0.15) is 9.61 Å². The van der Waals surface area contributed by atoms with E-state index in [-0.39, 0.29) is 5.56 Å². The quantitative estimate of drug-likeness (QED) is 0.646. The summed E-state index contributed by atoms with van der Waals surface area (Å²) in [5.41, 5.74) is 3.07. The minimum Gasteiger partial charge on any atom is -0.366 e. The van der Waals surface area contributed by atoms with Crippen molar-refractivity contribution in [1.29, 1.82) is 0 Å². The van der Waals surface area contributed by atoms with Crippen LogP contribution in [0, 0.1) is 6.92 Å². The Morgan fingerprint density at radius 3 is 2.80 bits per heavy atom. The molecule has 132 valence electrons. The summed E-state index contributed by atoms with van der Waals surface area (Å²) in [4.78, 5) is 20.0. The van der Waals surface area contributed by atoms with Crippen molar-refractivity contribution in [2.45, 2.75) is 46.6 Å². The van der Waals surface area contributed by atoms with Crippen LogP contribution < -0.4 is 10.5 Å². The minimum atomic E-state index is -0.0979. The maximum absolute atomic E-state index is 12.4. The Labute approximate surface area is 152 Å². The molecule has 0 atom stereocenters. The summed E-state index contributed by atoms with van der Waals surface area (Å²) in [5.74, 6) is 0. The number of fused-ring (bicyclic) bond motifs is 1. The number of unbranched alkanes of at least 4 members (excludes halogenated alkanes) is 1. The van der Waals surface area contributed by atoms with E-state index in [9.17, 15) is 4.79 Å². The van der Waals surface area contributed by atoms with Gasteiger partial charge in [-0.05, 0) is 38.0 Å². The summed E-state index contributed by atoms with van der Waals surface area (Å²) >= 11 is 1.52. The first-order valence-corrected chi connectivity index (χ1v) is 9.62. The number of aromatic nitrogens is 3. The van der Waals surface area contributed by atoms with Crippen LogP contribution in [0.1, 0.15) is 43.0 Å². The zero-order chi connectivity index (χ0) is 17.8. The van der Waals surface area contributed by atoms with Crippen LogP contribution in [-0.2, 0) is 13.0 Å². The molecule has 0 aliphatic carbocycles. The second kappa shape index (κ2) is 7.78. The summed E-state index contributed by atoms with van der Waals surface area (Å²) in [5, 5.41) is 5.39. The summed E-state index contributed by atoms with van der Waals surface area (Å²) in [7, 11) is 0. The Bertz CT molecular complexity index is 915. The van der Waals surface area contributed by atoms with Crippen molar-refractivity contribution in [3.8, 4) is 0 Å². The maximum Gasteiger partial charge on any atom is 0.275 e. The van der Waals surface area contributed by atoms with Gasteiger partial charge in [-0.25, -0.2) is 4.98 Å². The van der Waals surface area contributed by atoms with Gasteiger partial charge in [0.05, 0.1) is 12.2 Å². The first-order valence-electron chi connectivity index (χ1n) is 8.81. The Morgan fingerprint density at radius 1 is 1.24 bits per heavy atom. The third-order valence-corrected chi connectivity index (χ3v) is 5.15. The average molecular weight is 356 g/mol. The van der Waals surface area contributed by atoms with E-state index in [4.69, 9.17) is 0 Å². The van der Waals surface area contributed by atoms with E-state index < -0.39 is 0 Å². The van der Waals surface area contributed by atoms with Crippen LogP contribution in [0.2, 0.25) is 0 Å². The molecule has 0 spiro atoms. The molecule has 0 amide bonds. The van der Waals surface area contributed by atoms with Crippen LogP contribution in [-0.4, -0.2) is 21.1 Å². The van der Waals surface area contributed by atoms with Gasteiger partial charge in [0.25, 0.3) is 5.56 Å². The number of aryl methyl sites for hydroxylation is 2. The van der Waals surface area contributed by atoms with E-state index in [2.05, 4.69) is 60.0 Å². The normalized spacial score (nSPS) is 11.2. The van der Waals surface area contributed by atoms with Gasteiger partial charge in [0.2, 0.25) is 4.96 Å². The summed E-state index contributed by atoms with van der Waals surface area (Å²) in [6.45, 7) is 7.83. The van der Waals surface area contributed by atoms with Crippen LogP contribution >= 0.6 is 11.3 Å². The first-order chi connectivity index (χ1) is 12.1. The molecule has 3 rings (SSSR count). The van der Waals surface area contributed by atoms with Crippen LogP contribution in [0.25, 0.3) is 4.96 Å². The largest absolute Gasteiger partial charge is 0.366 e. The molecule has 2 aromatic heterocycles. The second-order valence-electron chi connectivity index (χ2n) is 6.23. The summed E-state index contributed by atoms with van der Waals surface area (Å²) < 4.78 is 1.43. The molecule has 0 unspecified atom stereocenters. The number of anilines is 1. The van der Waals surface area contributed by atoms with Crippen molar-refractivity contribution in [2.75, 3.05) is 11.4 Å². The van der Waals surface area contributed by atoms with Crippen molar-refractivity contribution in [2.24, 2.45) is 0 Å². The number of hydrogen-bond acceptors (Lipinski definition) is 5. The molecule has 0 N–H and O–H groups in total. The molecular weight excluding hydrogens is 332 g/mol. The number of rotatable bonds is 7. The predicted octanol–water partition coefficient (Wildman–Crippen LogP) is 3.83. The zero-order valence-electron chi connectivity index (χ0n) is 15.0. The van der Waals surface area contributed by atoms with Crippen molar-refractivity contribution in [1.82, 2.24) is 14.6 Å². The lowest BCUT2D eigenvalue weighted by atomic mass is 10.2. The molecule has 3 aromatic rings. The predicted molar refractivity (Wildman–Crippen MR) is 104 cm³/mol. The summed E-state index contributed by atoms with van der Waals surface area (Å²) in [6.07, 6.45) is 3.10. The molecule has 0 saturated carbocycles. The molecule has 6 heteroatoms. The van der Waals surface area contributed by atoms with E-state index in [0.29, 0.717) is 11.5 Å². The van der Waals surface area contributed by atoms with Gasteiger partial charge >= 0.3 is 0 Å². The monoisotopic (exact) mass is 356 g/mol. The van der Waals surface area contributed by atoms with Crippen LogP contribution in [0.15, 0.2) is 35.1 Å². The number of hydrogen-bond donors (Lipinski definition) is 0. The van der Waals surface area contributed by atoms with Crippen LogP contribution in [0.3, 0.4) is 0 Å². The van der Waals surface area contributed by atoms with Crippen molar-refractivity contribution >= 4 is 22.0 Å². The van der Waals surface area contributed by atoms with E-state index in [1.807, 2.05) is 0 Å². The molecule has 25 heavy (non-hydrogen) atoms. The minimum absolute atomic E-state index is 0.0979. The lowest BCUT2D eigenvalue weighted by molar-refractivity contribution is 0.756. The van der Waals surface area contributed by atoms with Gasteiger partial charge in [-0.15, -0.1) is 0 Å². The van der Waals surface area contributed by atoms with E-state index in [1.54, 1.807) is 6.07 Å². The SMILES string of the molecule is CCCCc1nn2c(=O)cc(CN(CC)c3cccc(C)c3)nc2s1. The standard InChI is InChI=1S/C19H24N4OS/c1-4-6-10-17-21-23-18(24)12-15(20-19(23)25-17)13-22(5-2)16-9-7-8-14(3)11-16/h7-9,11-12H,4-6,10,13H2,1-3H3. The van der Waals surface area contributed by atoms with E-state index in [1.165, 1.54) is 21.4 Å². The highest BCUT2D eigenvalue weighted by Gasteiger charge is 2.12. The Morgan fingerprint density at radius 2 is 2.08 bits per heavy atom. The van der Waals surface area contributed by atoms with Gasteiger partial charge in [-0.3, -0.25) is 4.79 Å². The molecule has 0 saturated heterocycles. The molecule has 0 aliphatic rings. The van der Waals surface area contributed by atoms with E-state index in [0.717, 1.165) is 42.2 Å². The molecule has 0 aliphatic heterocycles. The first kappa shape index (κ1) is 17.6. The molecule has 0 bridgehead atoms. The van der Waals surface area contributed by atoms with Crippen LogP contribution in [0.5, 0.6) is 0 Å². The Kier molecular flexibility index (Phi) is 5.48.